The Kier molecular flexibility index (Phi) is 6.46. The van der Waals surface area contributed by atoms with E-state index in [4.69, 9.17) is 4.42 Å². The largest absolute Gasteiger partial charge is 0.456 e. The highest BCUT2D eigenvalue weighted by Crippen LogP contribution is 2.40. The number of para-hydroxylation sites is 1. The average molecular weight is 659 g/mol. The molecule has 1 unspecified atom stereocenters. The van der Waals surface area contributed by atoms with E-state index in [0.717, 1.165) is 66.9 Å². The summed E-state index contributed by atoms with van der Waals surface area (Å²) in [6.07, 6.45) is 31.0. The van der Waals surface area contributed by atoms with Gasteiger partial charge in [-0.15, -0.1) is 0 Å². The first-order valence-electron chi connectivity index (χ1n) is 18.6. The van der Waals surface area contributed by atoms with Gasteiger partial charge in [0.05, 0.1) is 11.0 Å². The summed E-state index contributed by atoms with van der Waals surface area (Å²) in [6, 6.07) is 29.3. The average Bonchev–Trinajstić information content (AvgIpc) is 3.85. The third kappa shape index (κ3) is 4.50. The number of furan rings is 1. The predicted octanol–water partition coefficient (Wildman–Crippen LogP) is 11.3. The summed E-state index contributed by atoms with van der Waals surface area (Å²) < 4.78 is 11.3. The molecular formula is C48H38N2O. The first-order chi connectivity index (χ1) is 25.3. The Morgan fingerprint density at radius 2 is 1.39 bits per heavy atom. The molecule has 0 radical (unpaired) electrons. The minimum absolute atomic E-state index is 0.337. The van der Waals surface area contributed by atoms with E-state index < -0.39 is 0 Å². The lowest BCUT2D eigenvalue weighted by Crippen LogP contribution is -2.33. The maximum absolute atomic E-state index is 6.16. The van der Waals surface area contributed by atoms with Crippen LogP contribution >= 0.6 is 0 Å². The van der Waals surface area contributed by atoms with E-state index >= 15 is 0 Å². The second-order valence-corrected chi connectivity index (χ2v) is 14.6. The van der Waals surface area contributed by atoms with Crippen molar-refractivity contribution in [1.82, 2.24) is 9.13 Å². The minimum atomic E-state index is 0.337. The van der Waals surface area contributed by atoms with Crippen LogP contribution < -0.4 is 10.6 Å². The van der Waals surface area contributed by atoms with Crippen LogP contribution in [0.5, 0.6) is 0 Å². The zero-order valence-electron chi connectivity index (χ0n) is 28.6. The molecule has 0 aliphatic heterocycles. The van der Waals surface area contributed by atoms with Crippen molar-refractivity contribution in [3.05, 3.63) is 149 Å². The third-order valence-electron chi connectivity index (χ3n) is 11.6. The molecular weight excluding hydrogens is 621 g/mol. The normalized spacial score (nSPS) is 18.2. The van der Waals surface area contributed by atoms with E-state index in [1.54, 1.807) is 0 Å². The Morgan fingerprint density at radius 1 is 0.608 bits per heavy atom. The number of rotatable bonds is 4. The van der Waals surface area contributed by atoms with Crippen LogP contribution in [0.2, 0.25) is 0 Å². The zero-order valence-corrected chi connectivity index (χ0v) is 28.6. The van der Waals surface area contributed by atoms with Gasteiger partial charge >= 0.3 is 0 Å². The van der Waals surface area contributed by atoms with Gasteiger partial charge in [-0.25, -0.2) is 0 Å². The Morgan fingerprint density at radius 3 is 2.25 bits per heavy atom. The van der Waals surface area contributed by atoms with Gasteiger partial charge in [0.2, 0.25) is 0 Å². The second kappa shape index (κ2) is 11.4. The fraction of sp³-hybridized carbons (Fsp3) is 0.167. The number of benzene rings is 4. The van der Waals surface area contributed by atoms with Crippen LogP contribution in [0.25, 0.3) is 84.5 Å². The molecule has 3 heterocycles. The predicted molar refractivity (Wildman–Crippen MR) is 215 cm³/mol. The number of hydrogen-bond acceptors (Lipinski definition) is 1. The molecule has 0 saturated carbocycles. The summed E-state index contributed by atoms with van der Waals surface area (Å²) in [5.74, 6) is 0.337. The summed E-state index contributed by atoms with van der Waals surface area (Å²) in [5, 5.41) is 7.78. The highest BCUT2D eigenvalue weighted by molar-refractivity contribution is 6.12. The summed E-state index contributed by atoms with van der Waals surface area (Å²) in [7, 11) is 0. The summed E-state index contributed by atoms with van der Waals surface area (Å²) in [4.78, 5) is 0. The van der Waals surface area contributed by atoms with Gasteiger partial charge < -0.3 is 13.6 Å². The third-order valence-corrected chi connectivity index (χ3v) is 11.6. The molecule has 0 amide bonds. The van der Waals surface area contributed by atoms with Crippen molar-refractivity contribution in [3.63, 3.8) is 0 Å². The van der Waals surface area contributed by atoms with Gasteiger partial charge in [-0.3, -0.25) is 0 Å². The molecule has 3 aromatic heterocycles. The molecule has 0 N–H and O–H groups in total. The van der Waals surface area contributed by atoms with Gasteiger partial charge in [-0.05, 0) is 110 Å². The van der Waals surface area contributed by atoms with Crippen LogP contribution in [-0.2, 0) is 6.42 Å². The fourth-order valence-electron chi connectivity index (χ4n) is 9.19. The fourth-order valence-corrected chi connectivity index (χ4v) is 9.19. The Hall–Kier alpha value is -5.80. The Balaban J connectivity index is 1.06. The van der Waals surface area contributed by atoms with Crippen molar-refractivity contribution in [2.45, 2.75) is 50.9 Å². The van der Waals surface area contributed by atoms with Crippen molar-refractivity contribution in [2.24, 2.45) is 0 Å². The van der Waals surface area contributed by atoms with E-state index in [-0.39, 0.29) is 0 Å². The molecule has 0 fully saturated rings. The topological polar surface area (TPSA) is 23.0 Å². The van der Waals surface area contributed by atoms with Gasteiger partial charge in [0.1, 0.15) is 11.2 Å². The summed E-state index contributed by atoms with van der Waals surface area (Å²) in [5.41, 5.74) is 13.9. The van der Waals surface area contributed by atoms with Crippen molar-refractivity contribution < 1.29 is 4.42 Å². The standard InChI is InChI=1S/C48H38N2O/c1-3-11-35(12-4-1)49-43-17-9-7-15-37(43)40-27-31(20-24-44(40)49)32-21-25-45-41(28-32)38-23-19-34(30-46(38)50(45)36-13-5-2-6-14-36)33-22-26-48-42(29-33)39-16-8-10-18-47(39)51-48/h1-3,5,7-8,10-11,13,15-16,18-19,21-31H,4,6,9,12,14,17,20H2. The molecule has 0 saturated heterocycles. The molecule has 0 spiro atoms. The first kappa shape index (κ1) is 29.0. The number of nitrogens with zero attached hydrogens (tertiary/aromatic N) is 2. The van der Waals surface area contributed by atoms with Crippen LogP contribution in [0.3, 0.4) is 0 Å². The number of fused-ring (bicyclic) bond motifs is 9. The van der Waals surface area contributed by atoms with Crippen molar-refractivity contribution >= 4 is 73.4 Å². The van der Waals surface area contributed by atoms with Crippen molar-refractivity contribution in [2.75, 3.05) is 0 Å². The first-order valence-corrected chi connectivity index (χ1v) is 18.6. The van der Waals surface area contributed by atoms with Crippen molar-refractivity contribution in [1.29, 1.82) is 0 Å². The van der Waals surface area contributed by atoms with Gasteiger partial charge in [0, 0.05) is 60.7 Å². The van der Waals surface area contributed by atoms with E-state index in [2.05, 4.69) is 143 Å². The quantitative estimate of drug-likeness (QED) is 0.185. The molecule has 1 atom stereocenters. The monoisotopic (exact) mass is 658 g/mol. The highest BCUT2D eigenvalue weighted by Gasteiger charge is 2.23. The minimum Gasteiger partial charge on any atom is -0.456 e. The maximum Gasteiger partial charge on any atom is 0.135 e. The second-order valence-electron chi connectivity index (χ2n) is 14.6. The van der Waals surface area contributed by atoms with Gasteiger partial charge in [0.15, 0.2) is 0 Å². The van der Waals surface area contributed by atoms with E-state index in [1.165, 1.54) is 71.7 Å². The van der Waals surface area contributed by atoms with Crippen LogP contribution in [0.15, 0.2) is 126 Å². The molecule has 3 nitrogen and oxygen atoms in total. The lowest BCUT2D eigenvalue weighted by molar-refractivity contribution is 0.669. The van der Waals surface area contributed by atoms with Crippen LogP contribution in [0.4, 0.5) is 0 Å². The summed E-state index contributed by atoms with van der Waals surface area (Å²) >= 11 is 0. The molecule has 246 valence electrons. The molecule has 11 rings (SSSR count). The van der Waals surface area contributed by atoms with Crippen LogP contribution in [0.1, 0.15) is 61.3 Å². The molecule has 4 aromatic carbocycles. The van der Waals surface area contributed by atoms with Gasteiger partial charge in [-0.1, -0.05) is 91.1 Å². The smallest absolute Gasteiger partial charge is 0.135 e. The molecule has 0 bridgehead atoms. The number of aromatic nitrogens is 2. The van der Waals surface area contributed by atoms with E-state index in [9.17, 15) is 0 Å². The Bertz CT molecular complexity index is 2890. The number of hydrogen-bond donors (Lipinski definition) is 0. The lowest BCUT2D eigenvalue weighted by atomic mass is 9.90. The lowest BCUT2D eigenvalue weighted by Gasteiger charge is -2.18. The summed E-state index contributed by atoms with van der Waals surface area (Å²) in [6.45, 7) is 0. The Labute approximate surface area is 296 Å². The number of allylic oxidation sites excluding steroid dienone is 9. The SMILES string of the molecule is C1=CCCC(n2c3c(c4c2=CCC(c2ccc5c(c2)c2ccc(-c6ccc7oc8ccccc8c7c6)cc2n5C2=CC=CCC2)C=4)C=CCC3)=C1. The van der Waals surface area contributed by atoms with Crippen LogP contribution in [-0.4, -0.2) is 9.13 Å². The zero-order chi connectivity index (χ0) is 33.5. The maximum atomic E-state index is 6.16. The van der Waals surface area contributed by atoms with E-state index in [1.807, 2.05) is 6.07 Å². The highest BCUT2D eigenvalue weighted by atomic mass is 16.3. The van der Waals surface area contributed by atoms with Gasteiger partial charge in [0.25, 0.3) is 0 Å². The molecule has 51 heavy (non-hydrogen) atoms. The molecule has 3 heteroatoms. The van der Waals surface area contributed by atoms with E-state index in [0.29, 0.717) is 5.92 Å². The van der Waals surface area contributed by atoms with Gasteiger partial charge in [-0.2, -0.15) is 0 Å². The van der Waals surface area contributed by atoms with Crippen molar-refractivity contribution in [3.8, 4) is 11.1 Å². The molecule has 7 aromatic rings. The molecule has 4 aliphatic carbocycles. The molecule has 4 aliphatic rings. The van der Waals surface area contributed by atoms with Crippen LogP contribution in [0, 0.1) is 0 Å².